The first-order valence-corrected chi connectivity index (χ1v) is 7.86. The highest BCUT2D eigenvalue weighted by Gasteiger charge is 2.27. The molecular weight excluding hydrogens is 298 g/mol. The number of pyridine rings is 1. The van der Waals surface area contributed by atoms with Crippen molar-refractivity contribution < 1.29 is 19.2 Å². The number of aliphatic carboxylic acids is 1. The normalized spacial score (nSPS) is 21.3. The Balaban J connectivity index is 1.68. The number of aryl methyl sites for hydroxylation is 1. The van der Waals surface area contributed by atoms with Gasteiger partial charge in [-0.2, -0.15) is 0 Å². The molecule has 2 aromatic rings. The molecule has 23 heavy (non-hydrogen) atoms. The third-order valence-electron chi connectivity index (χ3n) is 4.41. The van der Waals surface area contributed by atoms with E-state index in [4.69, 9.17) is 9.63 Å². The number of carbonyl (C=O) groups excluding carboxylic acids is 1. The highest BCUT2D eigenvalue weighted by atomic mass is 16.5. The van der Waals surface area contributed by atoms with E-state index in [1.54, 1.807) is 6.07 Å². The number of rotatable bonds is 4. The van der Waals surface area contributed by atoms with Crippen LogP contribution >= 0.6 is 0 Å². The number of amides is 1. The SMILES string of the molecule is CCc1noc2ncc(C(=O)NC3CCC(C(=O)O)CC3)cc12. The van der Waals surface area contributed by atoms with Gasteiger partial charge >= 0.3 is 5.97 Å². The Kier molecular flexibility index (Phi) is 4.27. The highest BCUT2D eigenvalue weighted by molar-refractivity contribution is 5.97. The van der Waals surface area contributed by atoms with Crippen molar-refractivity contribution in [2.75, 3.05) is 0 Å². The first-order chi connectivity index (χ1) is 11.1. The summed E-state index contributed by atoms with van der Waals surface area (Å²) in [6.45, 7) is 1.96. The first-order valence-electron chi connectivity index (χ1n) is 7.86. The average molecular weight is 317 g/mol. The second-order valence-corrected chi connectivity index (χ2v) is 5.92. The lowest BCUT2D eigenvalue weighted by Gasteiger charge is -2.26. The fourth-order valence-corrected chi connectivity index (χ4v) is 3.01. The Morgan fingerprint density at radius 2 is 2.09 bits per heavy atom. The Hall–Kier alpha value is -2.44. The summed E-state index contributed by atoms with van der Waals surface area (Å²) in [5.41, 5.74) is 1.68. The van der Waals surface area contributed by atoms with Crippen molar-refractivity contribution in [3.8, 4) is 0 Å². The van der Waals surface area contributed by atoms with Gasteiger partial charge in [-0.05, 0) is 38.2 Å². The predicted molar refractivity (Wildman–Crippen MR) is 82.0 cm³/mol. The minimum Gasteiger partial charge on any atom is -0.481 e. The predicted octanol–water partition coefficient (Wildman–Crippen LogP) is 2.16. The molecule has 2 N–H and O–H groups in total. The molecule has 0 aliphatic heterocycles. The zero-order valence-corrected chi connectivity index (χ0v) is 12.9. The number of carbonyl (C=O) groups is 2. The Labute approximate surface area is 133 Å². The van der Waals surface area contributed by atoms with Crippen molar-refractivity contribution in [3.63, 3.8) is 0 Å². The van der Waals surface area contributed by atoms with Crippen LogP contribution in [0.5, 0.6) is 0 Å². The van der Waals surface area contributed by atoms with E-state index >= 15 is 0 Å². The van der Waals surface area contributed by atoms with Crippen LogP contribution in [0.15, 0.2) is 16.8 Å². The van der Waals surface area contributed by atoms with E-state index in [-0.39, 0.29) is 17.9 Å². The standard InChI is InChI=1S/C16H19N3O4/c1-2-13-12-7-10(8-17-15(12)23-19-13)14(20)18-11-5-3-9(4-6-11)16(21)22/h7-9,11H,2-6H2,1H3,(H,18,20)(H,21,22). The number of fused-ring (bicyclic) bond motifs is 1. The molecule has 7 nitrogen and oxygen atoms in total. The van der Waals surface area contributed by atoms with Crippen molar-refractivity contribution in [2.24, 2.45) is 5.92 Å². The number of aromatic nitrogens is 2. The molecule has 0 unspecified atom stereocenters. The van der Waals surface area contributed by atoms with E-state index in [0.29, 0.717) is 43.4 Å². The molecule has 0 spiro atoms. The van der Waals surface area contributed by atoms with Crippen LogP contribution in [-0.4, -0.2) is 33.2 Å². The van der Waals surface area contributed by atoms with Crippen molar-refractivity contribution in [1.29, 1.82) is 0 Å². The molecule has 122 valence electrons. The largest absolute Gasteiger partial charge is 0.481 e. The molecule has 3 rings (SSSR count). The number of hydrogen-bond donors (Lipinski definition) is 2. The number of carboxylic acid groups (broad SMARTS) is 1. The molecule has 1 saturated carbocycles. The summed E-state index contributed by atoms with van der Waals surface area (Å²) in [6.07, 6.45) is 4.76. The van der Waals surface area contributed by atoms with E-state index < -0.39 is 5.97 Å². The average Bonchev–Trinajstić information content (AvgIpc) is 2.97. The van der Waals surface area contributed by atoms with Crippen molar-refractivity contribution in [1.82, 2.24) is 15.5 Å². The Morgan fingerprint density at radius 3 is 2.74 bits per heavy atom. The lowest BCUT2D eigenvalue weighted by Crippen LogP contribution is -2.38. The zero-order valence-electron chi connectivity index (χ0n) is 12.9. The summed E-state index contributed by atoms with van der Waals surface area (Å²) in [5, 5.41) is 16.7. The van der Waals surface area contributed by atoms with Gasteiger partial charge in [-0.25, -0.2) is 4.98 Å². The lowest BCUT2D eigenvalue weighted by molar-refractivity contribution is -0.142. The fourth-order valence-electron chi connectivity index (χ4n) is 3.01. The van der Waals surface area contributed by atoms with Gasteiger partial charge in [0.2, 0.25) is 0 Å². The minimum absolute atomic E-state index is 0.0157. The molecule has 0 atom stereocenters. The van der Waals surface area contributed by atoms with Crippen LogP contribution in [-0.2, 0) is 11.2 Å². The molecule has 0 aromatic carbocycles. The second-order valence-electron chi connectivity index (χ2n) is 5.92. The number of nitrogens with zero attached hydrogens (tertiary/aromatic N) is 2. The highest BCUT2D eigenvalue weighted by Crippen LogP contribution is 2.25. The van der Waals surface area contributed by atoms with Gasteiger partial charge in [-0.3, -0.25) is 9.59 Å². The summed E-state index contributed by atoms with van der Waals surface area (Å²) in [7, 11) is 0. The topological polar surface area (TPSA) is 105 Å². The quantitative estimate of drug-likeness (QED) is 0.895. The van der Waals surface area contributed by atoms with Crippen molar-refractivity contribution in [3.05, 3.63) is 23.5 Å². The van der Waals surface area contributed by atoms with Crippen LogP contribution in [0.1, 0.15) is 48.7 Å². The lowest BCUT2D eigenvalue weighted by atomic mass is 9.86. The van der Waals surface area contributed by atoms with Gasteiger partial charge in [0.15, 0.2) is 0 Å². The molecular formula is C16H19N3O4. The molecule has 0 bridgehead atoms. The molecule has 1 aliphatic carbocycles. The third-order valence-corrected chi connectivity index (χ3v) is 4.41. The Morgan fingerprint density at radius 1 is 1.35 bits per heavy atom. The number of nitrogens with one attached hydrogen (secondary N) is 1. The summed E-state index contributed by atoms with van der Waals surface area (Å²) < 4.78 is 5.11. The van der Waals surface area contributed by atoms with Crippen molar-refractivity contribution in [2.45, 2.75) is 45.1 Å². The molecule has 7 heteroatoms. The molecule has 1 fully saturated rings. The minimum atomic E-state index is -0.746. The monoisotopic (exact) mass is 317 g/mol. The maximum absolute atomic E-state index is 12.4. The fraction of sp³-hybridized carbons (Fsp3) is 0.500. The van der Waals surface area contributed by atoms with Crippen LogP contribution in [0.3, 0.4) is 0 Å². The zero-order chi connectivity index (χ0) is 16.4. The van der Waals surface area contributed by atoms with Crippen LogP contribution in [0.25, 0.3) is 11.1 Å². The van der Waals surface area contributed by atoms with Gasteiger partial charge in [0, 0.05) is 12.2 Å². The summed E-state index contributed by atoms with van der Waals surface area (Å²) in [6, 6.07) is 1.76. The number of hydrogen-bond acceptors (Lipinski definition) is 5. The Bertz CT molecular complexity index is 732. The summed E-state index contributed by atoms with van der Waals surface area (Å²) >= 11 is 0. The molecule has 1 amide bonds. The summed E-state index contributed by atoms with van der Waals surface area (Å²) in [4.78, 5) is 27.5. The van der Waals surface area contributed by atoms with Gasteiger partial charge < -0.3 is 14.9 Å². The van der Waals surface area contributed by atoms with Gasteiger partial charge in [-0.15, -0.1) is 0 Å². The van der Waals surface area contributed by atoms with Gasteiger partial charge in [0.1, 0.15) is 0 Å². The van der Waals surface area contributed by atoms with Crippen molar-refractivity contribution >= 4 is 23.0 Å². The molecule has 0 saturated heterocycles. The summed E-state index contributed by atoms with van der Waals surface area (Å²) in [5.74, 6) is -1.23. The maximum Gasteiger partial charge on any atom is 0.306 e. The van der Waals surface area contributed by atoms with E-state index in [2.05, 4.69) is 15.5 Å². The van der Waals surface area contributed by atoms with E-state index in [9.17, 15) is 9.59 Å². The molecule has 1 aliphatic rings. The van der Waals surface area contributed by atoms with E-state index in [0.717, 1.165) is 11.1 Å². The third kappa shape index (κ3) is 3.18. The van der Waals surface area contributed by atoms with Crippen LogP contribution in [0.2, 0.25) is 0 Å². The molecule has 2 heterocycles. The smallest absolute Gasteiger partial charge is 0.306 e. The van der Waals surface area contributed by atoms with Gasteiger partial charge in [0.25, 0.3) is 11.6 Å². The molecule has 0 radical (unpaired) electrons. The van der Waals surface area contributed by atoms with Gasteiger partial charge in [-0.1, -0.05) is 12.1 Å². The van der Waals surface area contributed by atoms with E-state index in [1.807, 2.05) is 6.92 Å². The van der Waals surface area contributed by atoms with Crippen LogP contribution in [0.4, 0.5) is 0 Å². The number of carboxylic acids is 1. The van der Waals surface area contributed by atoms with Crippen LogP contribution < -0.4 is 5.32 Å². The first kappa shape index (κ1) is 15.5. The second kappa shape index (κ2) is 6.36. The van der Waals surface area contributed by atoms with E-state index in [1.165, 1.54) is 6.20 Å². The maximum atomic E-state index is 12.4. The van der Waals surface area contributed by atoms with Crippen LogP contribution in [0, 0.1) is 5.92 Å². The van der Waals surface area contributed by atoms with Gasteiger partial charge in [0.05, 0.1) is 22.6 Å². The molecule has 2 aromatic heterocycles.